The summed E-state index contributed by atoms with van der Waals surface area (Å²) in [5.41, 5.74) is 6.59. The third-order valence-electron chi connectivity index (χ3n) is 6.66. The lowest BCUT2D eigenvalue weighted by Crippen LogP contribution is -2.48. The van der Waals surface area contributed by atoms with Crippen LogP contribution in [0.1, 0.15) is 25.8 Å². The molecule has 1 aromatic carbocycles. The Morgan fingerprint density at radius 3 is 2.65 bits per heavy atom. The van der Waals surface area contributed by atoms with E-state index in [-0.39, 0.29) is 0 Å². The highest BCUT2D eigenvalue weighted by Crippen LogP contribution is 2.30. The highest BCUT2D eigenvalue weighted by atomic mass is 35.5. The molecular formula is C27H31ClN6. The van der Waals surface area contributed by atoms with Gasteiger partial charge in [0.05, 0.1) is 34.4 Å². The Bertz CT molecular complexity index is 1260. The zero-order valence-corrected chi connectivity index (χ0v) is 20.6. The van der Waals surface area contributed by atoms with Gasteiger partial charge in [-0.15, -0.1) is 0 Å². The predicted octanol–water partition coefficient (Wildman–Crippen LogP) is 5.30. The van der Waals surface area contributed by atoms with Crippen molar-refractivity contribution < 1.29 is 0 Å². The highest BCUT2D eigenvalue weighted by molar-refractivity contribution is 6.30. The number of hydrogen-bond donors (Lipinski definition) is 1. The Morgan fingerprint density at radius 1 is 1.00 bits per heavy atom. The van der Waals surface area contributed by atoms with Gasteiger partial charge in [-0.25, -0.2) is 9.97 Å². The van der Waals surface area contributed by atoms with Crippen LogP contribution in [0.3, 0.4) is 0 Å². The van der Waals surface area contributed by atoms with Crippen molar-refractivity contribution in [3.63, 3.8) is 0 Å². The molecule has 0 radical (unpaired) electrons. The van der Waals surface area contributed by atoms with Crippen LogP contribution in [-0.2, 0) is 6.42 Å². The van der Waals surface area contributed by atoms with E-state index in [4.69, 9.17) is 16.6 Å². The van der Waals surface area contributed by atoms with E-state index >= 15 is 0 Å². The van der Waals surface area contributed by atoms with Gasteiger partial charge >= 0.3 is 0 Å². The Labute approximate surface area is 206 Å². The van der Waals surface area contributed by atoms with E-state index in [0.29, 0.717) is 11.1 Å². The number of H-pyrrole nitrogens is 1. The number of fused-ring (bicyclic) bond motifs is 1. The second kappa shape index (κ2) is 10.2. The molecule has 0 unspecified atom stereocenters. The number of pyridine rings is 2. The van der Waals surface area contributed by atoms with Crippen LogP contribution in [0.15, 0.2) is 55.0 Å². The number of nitrogens with one attached hydrogen (secondary N) is 1. The summed E-state index contributed by atoms with van der Waals surface area (Å²) in [6, 6.07) is 14.6. The van der Waals surface area contributed by atoms with Crippen LogP contribution in [0.5, 0.6) is 0 Å². The van der Waals surface area contributed by atoms with Crippen LogP contribution >= 0.6 is 11.6 Å². The Kier molecular flexibility index (Phi) is 6.90. The van der Waals surface area contributed by atoms with E-state index in [1.807, 2.05) is 42.6 Å². The van der Waals surface area contributed by atoms with Crippen LogP contribution in [0.25, 0.3) is 33.7 Å². The molecule has 1 aliphatic heterocycles. The van der Waals surface area contributed by atoms with Crippen LogP contribution in [0.2, 0.25) is 5.02 Å². The van der Waals surface area contributed by atoms with Crippen LogP contribution in [-0.4, -0.2) is 68.5 Å². The fraction of sp³-hybridized carbons (Fsp3) is 0.370. The zero-order chi connectivity index (χ0) is 23.5. The van der Waals surface area contributed by atoms with Crippen molar-refractivity contribution in [2.45, 2.75) is 32.7 Å². The number of halogens is 1. The minimum atomic E-state index is 0.645. The van der Waals surface area contributed by atoms with Crippen molar-refractivity contribution >= 4 is 22.6 Å². The molecule has 3 aromatic heterocycles. The summed E-state index contributed by atoms with van der Waals surface area (Å²) in [7, 11) is 0. The Morgan fingerprint density at radius 2 is 1.85 bits per heavy atom. The largest absolute Gasteiger partial charge is 0.343 e. The maximum atomic E-state index is 6.20. The smallest absolute Gasteiger partial charge is 0.0977 e. The number of imidazole rings is 1. The highest BCUT2D eigenvalue weighted by Gasteiger charge is 2.18. The fourth-order valence-electron chi connectivity index (χ4n) is 4.68. The number of aromatic amines is 1. The van der Waals surface area contributed by atoms with E-state index in [1.54, 1.807) is 6.33 Å². The molecule has 0 bridgehead atoms. The third kappa shape index (κ3) is 5.14. The van der Waals surface area contributed by atoms with Crippen molar-refractivity contribution in [1.82, 2.24) is 29.7 Å². The quantitative estimate of drug-likeness (QED) is 0.394. The van der Waals surface area contributed by atoms with E-state index in [2.05, 4.69) is 44.7 Å². The molecule has 0 saturated carbocycles. The average Bonchev–Trinajstić information content (AvgIpc) is 3.34. The maximum absolute atomic E-state index is 6.20. The number of rotatable bonds is 7. The number of nitrogens with zero attached hydrogens (tertiary/aromatic N) is 5. The summed E-state index contributed by atoms with van der Waals surface area (Å²) in [6.45, 7) is 10.4. The van der Waals surface area contributed by atoms with Gasteiger partial charge in [-0.2, -0.15) is 0 Å². The Balaban J connectivity index is 1.28. The summed E-state index contributed by atoms with van der Waals surface area (Å²) in [5, 5.41) is 0.688. The first-order valence-corrected chi connectivity index (χ1v) is 12.5. The van der Waals surface area contributed by atoms with Gasteiger partial charge in [0.25, 0.3) is 0 Å². The molecule has 1 saturated heterocycles. The number of hydrogen-bond acceptors (Lipinski definition) is 5. The standard InChI is InChI=1S/C27H31ClN6/c1-19(2)34-13-11-33(12-14-34)10-4-5-20-15-25-23(29-17-20)8-9-24(32-25)27-26(30-18-31-27)21-6-3-7-22(28)16-21/h3,6-9,15-19H,4-5,10-14H2,1-2H3,(H,30,31). The minimum Gasteiger partial charge on any atom is -0.343 e. The second-order valence-corrected chi connectivity index (χ2v) is 9.73. The van der Waals surface area contributed by atoms with Crippen molar-refractivity contribution in [3.05, 3.63) is 65.6 Å². The van der Waals surface area contributed by atoms with E-state index < -0.39 is 0 Å². The first-order valence-electron chi connectivity index (χ1n) is 12.1. The SMILES string of the molecule is CC(C)N1CCN(CCCc2cnc3ccc(-c4[nH]cnc4-c4cccc(Cl)c4)nc3c2)CC1. The molecule has 1 fully saturated rings. The second-order valence-electron chi connectivity index (χ2n) is 9.29. The average molecular weight is 475 g/mol. The summed E-state index contributed by atoms with van der Waals surface area (Å²) >= 11 is 6.20. The summed E-state index contributed by atoms with van der Waals surface area (Å²) in [5.74, 6) is 0. The number of aryl methyl sites for hydroxylation is 1. The molecule has 0 atom stereocenters. The molecule has 176 valence electrons. The first-order chi connectivity index (χ1) is 16.6. The predicted molar refractivity (Wildman–Crippen MR) is 139 cm³/mol. The monoisotopic (exact) mass is 474 g/mol. The molecule has 34 heavy (non-hydrogen) atoms. The van der Waals surface area contributed by atoms with Gasteiger partial charge in [0, 0.05) is 49.0 Å². The van der Waals surface area contributed by atoms with Crippen LogP contribution < -0.4 is 0 Å². The van der Waals surface area contributed by atoms with Gasteiger partial charge in [0.2, 0.25) is 0 Å². The molecule has 0 amide bonds. The van der Waals surface area contributed by atoms with Gasteiger partial charge in [-0.1, -0.05) is 23.7 Å². The lowest BCUT2D eigenvalue weighted by Gasteiger charge is -2.36. The van der Waals surface area contributed by atoms with E-state index in [0.717, 1.165) is 66.2 Å². The van der Waals surface area contributed by atoms with Gasteiger partial charge in [0.1, 0.15) is 0 Å². The van der Waals surface area contributed by atoms with Crippen molar-refractivity contribution in [2.24, 2.45) is 0 Å². The molecular weight excluding hydrogens is 444 g/mol. The van der Waals surface area contributed by atoms with Gasteiger partial charge < -0.3 is 9.88 Å². The molecule has 6 nitrogen and oxygen atoms in total. The lowest BCUT2D eigenvalue weighted by atomic mass is 10.1. The number of benzene rings is 1. The van der Waals surface area contributed by atoms with Crippen molar-refractivity contribution in [3.8, 4) is 22.6 Å². The molecule has 5 rings (SSSR count). The molecule has 1 aliphatic rings. The van der Waals surface area contributed by atoms with Gasteiger partial charge in [-0.05, 0) is 69.1 Å². The summed E-state index contributed by atoms with van der Waals surface area (Å²) in [6.07, 6.45) is 5.84. The van der Waals surface area contributed by atoms with Crippen LogP contribution in [0, 0.1) is 0 Å². The zero-order valence-electron chi connectivity index (χ0n) is 19.8. The van der Waals surface area contributed by atoms with E-state index in [9.17, 15) is 0 Å². The Hall–Kier alpha value is -2.80. The topological polar surface area (TPSA) is 60.9 Å². The molecule has 1 N–H and O–H groups in total. The minimum absolute atomic E-state index is 0.645. The fourth-order valence-corrected chi connectivity index (χ4v) is 4.87. The van der Waals surface area contributed by atoms with Crippen molar-refractivity contribution in [2.75, 3.05) is 32.7 Å². The molecule has 4 heterocycles. The van der Waals surface area contributed by atoms with Crippen molar-refractivity contribution in [1.29, 1.82) is 0 Å². The maximum Gasteiger partial charge on any atom is 0.0977 e. The third-order valence-corrected chi connectivity index (χ3v) is 6.90. The normalized spacial score (nSPS) is 15.4. The molecule has 4 aromatic rings. The summed E-state index contributed by atoms with van der Waals surface area (Å²) in [4.78, 5) is 22.5. The van der Waals surface area contributed by atoms with E-state index in [1.165, 1.54) is 18.7 Å². The van der Waals surface area contributed by atoms with Gasteiger partial charge in [-0.3, -0.25) is 9.88 Å². The summed E-state index contributed by atoms with van der Waals surface area (Å²) < 4.78 is 0. The van der Waals surface area contributed by atoms with Gasteiger partial charge in [0.15, 0.2) is 0 Å². The molecule has 7 heteroatoms. The molecule has 0 spiro atoms. The number of aromatic nitrogens is 4. The number of piperazine rings is 1. The first kappa shape index (κ1) is 23.0. The van der Waals surface area contributed by atoms with Crippen LogP contribution in [0.4, 0.5) is 0 Å². The molecule has 0 aliphatic carbocycles. The lowest BCUT2D eigenvalue weighted by molar-refractivity contribution is 0.108.